The molecule has 1 aliphatic carbocycles. The van der Waals surface area contributed by atoms with Gasteiger partial charge in [-0.2, -0.15) is 0 Å². The second-order valence-corrected chi connectivity index (χ2v) is 6.20. The second-order valence-electron chi connectivity index (χ2n) is 6.20. The molecule has 136 valence electrons. The average molecular weight is 353 g/mol. The molecule has 0 amide bonds. The minimum atomic E-state index is -0.548. The summed E-state index contributed by atoms with van der Waals surface area (Å²) in [6.45, 7) is 0.328. The molecule has 0 atom stereocenters. The molecule has 0 saturated heterocycles. The van der Waals surface area contributed by atoms with Crippen molar-refractivity contribution in [3.63, 3.8) is 0 Å². The van der Waals surface area contributed by atoms with Crippen molar-refractivity contribution in [1.29, 1.82) is 0 Å². The van der Waals surface area contributed by atoms with Crippen molar-refractivity contribution in [3.8, 4) is 5.75 Å². The zero-order chi connectivity index (χ0) is 18.4. The van der Waals surface area contributed by atoms with Gasteiger partial charge in [-0.1, -0.05) is 35.5 Å². The molecular formula is C21H23NO4. The van der Waals surface area contributed by atoms with Crippen LogP contribution in [0.5, 0.6) is 5.75 Å². The van der Waals surface area contributed by atoms with E-state index >= 15 is 0 Å². The molecule has 0 spiro atoms. The molecule has 5 nitrogen and oxygen atoms in total. The van der Waals surface area contributed by atoms with Crippen LogP contribution in [0.25, 0.3) is 0 Å². The molecule has 1 aliphatic rings. The van der Waals surface area contributed by atoms with Crippen molar-refractivity contribution in [2.24, 2.45) is 5.16 Å². The average Bonchev–Trinajstić information content (AvgIpc) is 2.70. The minimum Gasteiger partial charge on any atom is -0.489 e. The quantitative estimate of drug-likeness (QED) is 0.452. The number of carbonyl (C=O) groups excluding carboxylic acids is 1. The topological polar surface area (TPSA) is 57.1 Å². The van der Waals surface area contributed by atoms with Gasteiger partial charge in [0.1, 0.15) is 19.5 Å². The van der Waals surface area contributed by atoms with Crippen molar-refractivity contribution < 1.29 is 19.1 Å². The number of rotatable bonds is 6. The van der Waals surface area contributed by atoms with Crippen LogP contribution in [0.2, 0.25) is 0 Å². The molecule has 0 N–H and O–H groups in total. The van der Waals surface area contributed by atoms with Gasteiger partial charge < -0.3 is 14.3 Å². The van der Waals surface area contributed by atoms with Crippen molar-refractivity contribution in [3.05, 3.63) is 64.7 Å². The van der Waals surface area contributed by atoms with E-state index in [1.807, 2.05) is 24.3 Å². The van der Waals surface area contributed by atoms with Crippen LogP contribution in [0.4, 0.5) is 0 Å². The molecule has 0 bridgehead atoms. The van der Waals surface area contributed by atoms with E-state index in [2.05, 4.69) is 17.3 Å². The van der Waals surface area contributed by atoms with Crippen LogP contribution < -0.4 is 4.74 Å². The summed E-state index contributed by atoms with van der Waals surface area (Å²) >= 11 is 0. The van der Waals surface area contributed by atoms with Gasteiger partial charge in [0.2, 0.25) is 0 Å². The first-order valence-corrected chi connectivity index (χ1v) is 8.75. The number of fused-ring (bicyclic) bond motifs is 1. The highest BCUT2D eigenvalue weighted by atomic mass is 16.6. The Hall–Kier alpha value is -2.82. The first-order valence-electron chi connectivity index (χ1n) is 8.75. The largest absolute Gasteiger partial charge is 0.489 e. The maximum Gasteiger partial charge on any atom is 0.360 e. The molecule has 0 saturated carbocycles. The first-order chi connectivity index (χ1) is 12.7. The highest BCUT2D eigenvalue weighted by molar-refractivity contribution is 6.43. The van der Waals surface area contributed by atoms with Gasteiger partial charge in [0.25, 0.3) is 0 Å². The Morgan fingerprint density at radius 3 is 2.58 bits per heavy atom. The van der Waals surface area contributed by atoms with Crippen molar-refractivity contribution in [2.75, 3.05) is 14.2 Å². The fourth-order valence-electron chi connectivity index (χ4n) is 3.22. The Kier molecular flexibility index (Phi) is 5.89. The number of aryl methyl sites for hydroxylation is 2. The lowest BCUT2D eigenvalue weighted by Crippen LogP contribution is -2.19. The highest BCUT2D eigenvalue weighted by Crippen LogP contribution is 2.26. The van der Waals surface area contributed by atoms with Crippen LogP contribution in [0.15, 0.2) is 47.6 Å². The Balaban J connectivity index is 1.80. The molecule has 3 rings (SSSR count). The minimum absolute atomic E-state index is 0.125. The van der Waals surface area contributed by atoms with Crippen LogP contribution in [-0.4, -0.2) is 25.9 Å². The van der Waals surface area contributed by atoms with E-state index in [0.29, 0.717) is 12.2 Å². The summed E-state index contributed by atoms with van der Waals surface area (Å²) in [5, 5.41) is 3.83. The first kappa shape index (κ1) is 18.0. The summed E-state index contributed by atoms with van der Waals surface area (Å²) in [4.78, 5) is 16.8. The lowest BCUT2D eigenvalue weighted by atomic mass is 9.92. The second kappa shape index (κ2) is 8.52. The van der Waals surface area contributed by atoms with Crippen LogP contribution in [0, 0.1) is 0 Å². The molecule has 5 heteroatoms. The number of benzene rings is 2. The van der Waals surface area contributed by atoms with Gasteiger partial charge in [0, 0.05) is 5.56 Å². The number of carbonyl (C=O) groups is 1. The van der Waals surface area contributed by atoms with Gasteiger partial charge in [0.15, 0.2) is 5.71 Å². The highest BCUT2D eigenvalue weighted by Gasteiger charge is 2.19. The smallest absolute Gasteiger partial charge is 0.360 e. The van der Waals surface area contributed by atoms with E-state index < -0.39 is 5.97 Å². The lowest BCUT2D eigenvalue weighted by molar-refractivity contribution is -0.132. The molecule has 0 aliphatic heterocycles. The molecular weight excluding hydrogens is 330 g/mol. The van der Waals surface area contributed by atoms with Crippen LogP contribution >= 0.6 is 0 Å². The molecule has 0 aromatic heterocycles. The fraction of sp³-hybridized carbons (Fsp3) is 0.333. The van der Waals surface area contributed by atoms with Crippen molar-refractivity contribution in [2.45, 2.75) is 32.3 Å². The predicted octanol–water partition coefficient (Wildman–Crippen LogP) is 3.67. The van der Waals surface area contributed by atoms with E-state index in [0.717, 1.165) is 24.2 Å². The third-order valence-corrected chi connectivity index (χ3v) is 4.55. The van der Waals surface area contributed by atoms with E-state index in [1.165, 1.54) is 38.2 Å². The van der Waals surface area contributed by atoms with Crippen LogP contribution in [-0.2, 0) is 33.8 Å². The van der Waals surface area contributed by atoms with Gasteiger partial charge >= 0.3 is 5.97 Å². The van der Waals surface area contributed by atoms with Gasteiger partial charge in [-0.05, 0) is 54.5 Å². The number of ether oxygens (including phenoxy) is 2. The van der Waals surface area contributed by atoms with Gasteiger partial charge in [0.05, 0.1) is 7.11 Å². The van der Waals surface area contributed by atoms with Gasteiger partial charge in [-0.25, -0.2) is 4.79 Å². The molecule has 0 unspecified atom stereocenters. The maximum atomic E-state index is 12.0. The van der Waals surface area contributed by atoms with E-state index in [9.17, 15) is 4.79 Å². The Morgan fingerprint density at radius 1 is 1.04 bits per heavy atom. The molecule has 0 radical (unpaired) electrons. The standard InChI is InChI=1S/C21H23NO4/c1-24-21(23)20(22-25-2)19-10-6-5-9-17(19)14-26-18-12-11-15-7-3-4-8-16(15)13-18/h5-6,9-13H,3-4,7-8,14H2,1-2H3/b22-20+. The lowest BCUT2D eigenvalue weighted by Gasteiger charge is -2.17. The normalized spacial score (nSPS) is 13.7. The van der Waals surface area contributed by atoms with Gasteiger partial charge in [-0.3, -0.25) is 0 Å². The third kappa shape index (κ3) is 4.04. The summed E-state index contributed by atoms with van der Waals surface area (Å²) in [5.74, 6) is 0.289. The zero-order valence-corrected chi connectivity index (χ0v) is 15.2. The Labute approximate surface area is 153 Å². The van der Waals surface area contributed by atoms with Crippen LogP contribution in [0.3, 0.4) is 0 Å². The van der Waals surface area contributed by atoms with Crippen LogP contribution in [0.1, 0.15) is 35.1 Å². The van der Waals surface area contributed by atoms with E-state index in [1.54, 1.807) is 6.07 Å². The molecule has 26 heavy (non-hydrogen) atoms. The molecule has 0 heterocycles. The number of nitrogens with zero attached hydrogens (tertiary/aromatic N) is 1. The summed E-state index contributed by atoms with van der Waals surface area (Å²) in [7, 11) is 2.72. The fourth-order valence-corrected chi connectivity index (χ4v) is 3.22. The van der Waals surface area contributed by atoms with E-state index in [4.69, 9.17) is 14.3 Å². The number of methoxy groups -OCH3 is 1. The number of oxime groups is 1. The third-order valence-electron chi connectivity index (χ3n) is 4.55. The SMILES string of the molecule is CO/N=C(/C(=O)OC)c1ccccc1COc1ccc2c(c1)CCCC2. The summed E-state index contributed by atoms with van der Waals surface area (Å²) in [6, 6.07) is 13.7. The summed E-state index contributed by atoms with van der Waals surface area (Å²) in [5.41, 5.74) is 4.40. The van der Waals surface area contributed by atoms with Crippen molar-refractivity contribution in [1.82, 2.24) is 0 Å². The molecule has 2 aromatic carbocycles. The Bertz CT molecular complexity index is 813. The number of hydrogen-bond acceptors (Lipinski definition) is 5. The molecule has 2 aromatic rings. The predicted molar refractivity (Wildman–Crippen MR) is 99.4 cm³/mol. The van der Waals surface area contributed by atoms with Crippen molar-refractivity contribution >= 4 is 11.7 Å². The number of hydrogen-bond donors (Lipinski definition) is 0. The maximum absolute atomic E-state index is 12.0. The summed E-state index contributed by atoms with van der Waals surface area (Å²) < 4.78 is 10.8. The van der Waals surface area contributed by atoms with Gasteiger partial charge in [-0.15, -0.1) is 0 Å². The molecule has 0 fully saturated rings. The van der Waals surface area contributed by atoms with E-state index in [-0.39, 0.29) is 5.71 Å². The number of esters is 1. The summed E-state index contributed by atoms with van der Waals surface area (Å²) in [6.07, 6.45) is 4.75. The monoisotopic (exact) mass is 353 g/mol. The zero-order valence-electron chi connectivity index (χ0n) is 15.2. The Morgan fingerprint density at radius 2 is 1.81 bits per heavy atom.